The van der Waals surface area contributed by atoms with E-state index in [0.29, 0.717) is 0 Å². The van der Waals surface area contributed by atoms with Gasteiger partial charge in [-0.2, -0.15) is 0 Å². The molecule has 0 saturated heterocycles. The molecule has 0 aliphatic heterocycles. The van der Waals surface area contributed by atoms with Gasteiger partial charge in [0, 0.05) is 12.3 Å². The largest absolute Gasteiger partial charge is 0.492 e. The van der Waals surface area contributed by atoms with Gasteiger partial charge in [-0.05, 0) is 12.1 Å². The van der Waals surface area contributed by atoms with Gasteiger partial charge in [-0.25, -0.2) is 12.8 Å². The van der Waals surface area contributed by atoms with Gasteiger partial charge >= 0.3 is 0 Å². The van der Waals surface area contributed by atoms with Gasteiger partial charge < -0.3 is 4.74 Å². The Morgan fingerprint density at radius 2 is 2.17 bits per heavy atom. The smallest absolute Gasteiger partial charge is 0.150 e. The molecular weight excluding hydrogens is 279 g/mol. The highest BCUT2D eigenvalue weighted by atomic mass is 35.5. The van der Waals surface area contributed by atoms with Gasteiger partial charge in [0.1, 0.15) is 18.2 Å². The summed E-state index contributed by atoms with van der Waals surface area (Å²) in [4.78, 5) is 0. The zero-order valence-electron chi connectivity index (χ0n) is 9.74. The Bertz CT molecular complexity index is 573. The van der Waals surface area contributed by atoms with Gasteiger partial charge in [0.15, 0.2) is 9.84 Å². The zero-order chi connectivity index (χ0) is 13.6. The molecule has 1 aromatic carbocycles. The van der Waals surface area contributed by atoms with Crippen molar-refractivity contribution in [2.45, 2.75) is 0 Å². The third-order valence-corrected chi connectivity index (χ3v) is 3.00. The summed E-state index contributed by atoms with van der Waals surface area (Å²) in [7, 11) is -3.08. The summed E-state index contributed by atoms with van der Waals surface area (Å²) in [5.41, 5.74) is 0.228. The summed E-state index contributed by atoms with van der Waals surface area (Å²) >= 11 is 5.37. The fraction of sp³-hybridized carbons (Fsp3) is 0.333. The lowest BCUT2D eigenvalue weighted by Gasteiger charge is -2.05. The summed E-state index contributed by atoms with van der Waals surface area (Å²) in [6, 6.07) is 4.16. The van der Waals surface area contributed by atoms with Gasteiger partial charge in [0.25, 0.3) is 0 Å². The van der Waals surface area contributed by atoms with Crippen LogP contribution in [0.2, 0.25) is 0 Å². The molecule has 0 radical (unpaired) electrons. The normalized spacial score (nSPS) is 10.6. The van der Waals surface area contributed by atoms with E-state index in [-0.39, 0.29) is 29.6 Å². The highest BCUT2D eigenvalue weighted by molar-refractivity contribution is 7.90. The number of ether oxygens (including phenoxy) is 1. The topological polar surface area (TPSA) is 43.4 Å². The standard InChI is InChI=1S/C12H12ClFO3S/c1-18(15,16)8-7-17-11-5-4-10(3-2-6-13)12(14)9-11/h4-5,9H,6-8H2,1H3. The van der Waals surface area contributed by atoms with Crippen molar-refractivity contribution in [1.82, 2.24) is 0 Å². The first-order valence-corrected chi connectivity index (χ1v) is 7.67. The summed E-state index contributed by atoms with van der Waals surface area (Å²) in [5.74, 6) is 4.87. The van der Waals surface area contributed by atoms with Gasteiger partial charge in [0.05, 0.1) is 17.2 Å². The van der Waals surface area contributed by atoms with Crippen LogP contribution in [0.15, 0.2) is 18.2 Å². The molecule has 0 amide bonds. The Kier molecular flexibility index (Phi) is 5.45. The second-order valence-electron chi connectivity index (χ2n) is 3.56. The maximum absolute atomic E-state index is 13.5. The minimum absolute atomic E-state index is 0.00895. The average molecular weight is 291 g/mol. The van der Waals surface area contributed by atoms with E-state index in [0.717, 1.165) is 6.26 Å². The third-order valence-electron chi connectivity index (χ3n) is 1.95. The Morgan fingerprint density at radius 1 is 1.44 bits per heavy atom. The van der Waals surface area contributed by atoms with Crippen molar-refractivity contribution in [1.29, 1.82) is 0 Å². The molecule has 1 rings (SSSR count). The Labute approximate surface area is 111 Å². The fourth-order valence-corrected chi connectivity index (χ4v) is 1.58. The second kappa shape index (κ2) is 6.62. The number of hydrogen-bond acceptors (Lipinski definition) is 3. The number of rotatable bonds is 4. The van der Waals surface area contributed by atoms with Crippen LogP contribution in [0.25, 0.3) is 0 Å². The molecule has 0 unspecified atom stereocenters. The third kappa shape index (κ3) is 5.39. The molecule has 18 heavy (non-hydrogen) atoms. The van der Waals surface area contributed by atoms with Crippen molar-refractivity contribution < 1.29 is 17.5 Å². The molecule has 1 aromatic rings. The lowest BCUT2D eigenvalue weighted by Crippen LogP contribution is -2.12. The molecule has 0 aliphatic carbocycles. The number of sulfone groups is 1. The monoisotopic (exact) mass is 290 g/mol. The predicted molar refractivity (Wildman–Crippen MR) is 69.2 cm³/mol. The molecule has 3 nitrogen and oxygen atoms in total. The van der Waals surface area contributed by atoms with Crippen molar-refractivity contribution in [2.75, 3.05) is 24.5 Å². The fourth-order valence-electron chi connectivity index (χ4n) is 1.13. The molecule has 0 fully saturated rings. The molecule has 0 saturated carbocycles. The van der Waals surface area contributed by atoms with Crippen molar-refractivity contribution in [3.63, 3.8) is 0 Å². The molecular formula is C12H12ClFO3S. The van der Waals surface area contributed by atoms with Crippen LogP contribution in [-0.4, -0.2) is 32.9 Å². The van der Waals surface area contributed by atoms with Gasteiger partial charge in [0.2, 0.25) is 0 Å². The van der Waals surface area contributed by atoms with E-state index in [1.54, 1.807) is 0 Å². The molecule has 6 heteroatoms. The van der Waals surface area contributed by atoms with Crippen LogP contribution in [0.3, 0.4) is 0 Å². The first kappa shape index (κ1) is 14.8. The van der Waals surface area contributed by atoms with Gasteiger partial charge in [-0.1, -0.05) is 11.8 Å². The molecule has 0 bridgehead atoms. The minimum Gasteiger partial charge on any atom is -0.492 e. The number of alkyl halides is 1. The molecule has 0 atom stereocenters. The van der Waals surface area contributed by atoms with E-state index >= 15 is 0 Å². The van der Waals surface area contributed by atoms with E-state index < -0.39 is 15.7 Å². The second-order valence-corrected chi connectivity index (χ2v) is 6.08. The maximum Gasteiger partial charge on any atom is 0.150 e. The summed E-state index contributed by atoms with van der Waals surface area (Å²) in [6.07, 6.45) is 1.11. The van der Waals surface area contributed by atoms with Crippen LogP contribution in [0.5, 0.6) is 5.75 Å². The van der Waals surface area contributed by atoms with Crippen LogP contribution in [-0.2, 0) is 9.84 Å². The molecule has 0 N–H and O–H groups in total. The summed E-state index contributed by atoms with van der Waals surface area (Å²) < 4.78 is 40.4. The van der Waals surface area contributed by atoms with Crippen molar-refractivity contribution >= 4 is 21.4 Å². The first-order valence-electron chi connectivity index (χ1n) is 5.07. The lowest BCUT2D eigenvalue weighted by atomic mass is 10.2. The van der Waals surface area contributed by atoms with Crippen molar-refractivity contribution in [3.05, 3.63) is 29.6 Å². The van der Waals surface area contributed by atoms with Crippen molar-refractivity contribution in [2.24, 2.45) is 0 Å². The minimum atomic E-state index is -3.08. The molecule has 0 aromatic heterocycles. The lowest BCUT2D eigenvalue weighted by molar-refractivity contribution is 0.339. The van der Waals surface area contributed by atoms with Crippen LogP contribution >= 0.6 is 11.6 Å². The average Bonchev–Trinajstić information content (AvgIpc) is 2.26. The van der Waals surface area contributed by atoms with Crippen molar-refractivity contribution in [3.8, 4) is 17.6 Å². The van der Waals surface area contributed by atoms with E-state index in [2.05, 4.69) is 11.8 Å². The SMILES string of the molecule is CS(=O)(=O)CCOc1ccc(C#CCCl)c(F)c1. The summed E-state index contributed by atoms with van der Waals surface area (Å²) in [6.45, 7) is -0.00895. The van der Waals surface area contributed by atoms with Crippen LogP contribution in [0, 0.1) is 17.7 Å². The summed E-state index contributed by atoms with van der Waals surface area (Å²) in [5, 5.41) is 0. The number of halogens is 2. The van der Waals surface area contributed by atoms with E-state index in [4.69, 9.17) is 16.3 Å². The highest BCUT2D eigenvalue weighted by Gasteiger charge is 2.05. The van der Waals surface area contributed by atoms with E-state index in [9.17, 15) is 12.8 Å². The van der Waals surface area contributed by atoms with Gasteiger partial charge in [-0.15, -0.1) is 11.6 Å². The van der Waals surface area contributed by atoms with E-state index in [1.807, 2.05) is 0 Å². The molecule has 0 aliphatic rings. The zero-order valence-corrected chi connectivity index (χ0v) is 11.3. The highest BCUT2D eigenvalue weighted by Crippen LogP contribution is 2.16. The molecule has 0 spiro atoms. The van der Waals surface area contributed by atoms with E-state index in [1.165, 1.54) is 18.2 Å². The Hall–Kier alpha value is -1.25. The van der Waals surface area contributed by atoms with Crippen LogP contribution in [0.1, 0.15) is 5.56 Å². The van der Waals surface area contributed by atoms with Crippen LogP contribution < -0.4 is 4.74 Å². The Balaban J connectivity index is 2.67. The predicted octanol–water partition coefficient (Wildman–Crippen LogP) is 1.84. The molecule has 0 heterocycles. The maximum atomic E-state index is 13.5. The Morgan fingerprint density at radius 3 is 2.72 bits per heavy atom. The van der Waals surface area contributed by atoms with Crippen LogP contribution in [0.4, 0.5) is 4.39 Å². The number of hydrogen-bond donors (Lipinski definition) is 0. The quantitative estimate of drug-likeness (QED) is 0.628. The first-order chi connectivity index (χ1) is 8.42. The molecule has 98 valence electrons. The van der Waals surface area contributed by atoms with Gasteiger partial charge in [-0.3, -0.25) is 0 Å². The number of benzene rings is 1.